The number of aliphatic hydroxyl groups excluding tert-OH is 1. The molecule has 0 spiro atoms. The van der Waals surface area contributed by atoms with E-state index in [1.807, 2.05) is 0 Å². The van der Waals surface area contributed by atoms with E-state index in [4.69, 9.17) is 21.3 Å². The third-order valence-electron chi connectivity index (χ3n) is 8.30. The van der Waals surface area contributed by atoms with Gasteiger partial charge in [-0.3, -0.25) is 43.3 Å². The number of benzene rings is 1. The maximum Gasteiger partial charge on any atom is 0.524 e. The van der Waals surface area contributed by atoms with Gasteiger partial charge in [0.25, 0.3) is 0 Å². The molecule has 20 heteroatoms. The van der Waals surface area contributed by atoms with Crippen LogP contribution in [0.3, 0.4) is 0 Å². The molecule has 0 saturated carbocycles. The second-order valence-corrected chi connectivity index (χ2v) is 13.6. The first-order valence-electron chi connectivity index (χ1n) is 16.3. The summed E-state index contributed by atoms with van der Waals surface area (Å²) in [5, 5.41) is 19.9. The Balaban J connectivity index is 2.27. The first-order valence-corrected chi connectivity index (χ1v) is 17.9. The number of carbonyl (C=O) groups is 7. The highest BCUT2D eigenvalue weighted by molar-refractivity contribution is 7.46. The van der Waals surface area contributed by atoms with E-state index in [9.17, 15) is 43.2 Å². The molecule has 0 radical (unpaired) electrons. The van der Waals surface area contributed by atoms with Crippen LogP contribution in [0.15, 0.2) is 24.3 Å². The summed E-state index contributed by atoms with van der Waals surface area (Å²) in [7, 11) is -4.79. The van der Waals surface area contributed by atoms with Gasteiger partial charge in [0, 0.05) is 26.3 Å². The number of nitrogens with one attached hydrogen (secondary N) is 4. The van der Waals surface area contributed by atoms with Crippen molar-refractivity contribution in [2.24, 2.45) is 17.4 Å². The van der Waals surface area contributed by atoms with Gasteiger partial charge >= 0.3 is 7.82 Å². The monoisotopic (exact) mass is 741 g/mol. The molecule has 11 N–H and O–H groups in total. The second-order valence-electron chi connectivity index (χ2n) is 12.4. The Bertz CT molecular complexity index is 1490. The van der Waals surface area contributed by atoms with Gasteiger partial charge in [-0.25, -0.2) is 4.57 Å². The zero-order chi connectivity index (χ0) is 38.6. The van der Waals surface area contributed by atoms with E-state index in [1.165, 1.54) is 43.0 Å². The zero-order valence-corrected chi connectivity index (χ0v) is 29.8. The van der Waals surface area contributed by atoms with Crippen molar-refractivity contribution in [3.63, 3.8) is 0 Å². The highest BCUT2D eigenvalue weighted by atomic mass is 31.2. The average molecular weight is 742 g/mol. The molecule has 1 aliphatic heterocycles. The lowest BCUT2D eigenvalue weighted by Crippen LogP contribution is -2.60. The van der Waals surface area contributed by atoms with E-state index in [-0.39, 0.29) is 38.0 Å². The summed E-state index contributed by atoms with van der Waals surface area (Å²) in [5.74, 6) is -5.83. The van der Waals surface area contributed by atoms with Gasteiger partial charge in [-0.15, -0.1) is 0 Å². The van der Waals surface area contributed by atoms with Crippen LogP contribution in [0.4, 0.5) is 0 Å². The zero-order valence-electron chi connectivity index (χ0n) is 28.9. The molecule has 0 aliphatic carbocycles. The Morgan fingerprint density at radius 3 is 2.04 bits per heavy atom. The van der Waals surface area contributed by atoms with Crippen molar-refractivity contribution >= 4 is 49.2 Å². The largest absolute Gasteiger partial charge is 0.524 e. The van der Waals surface area contributed by atoms with Gasteiger partial charge in [0.15, 0.2) is 0 Å². The SMILES string of the molecule is CC[C@H](C)[C@H](NC(=O)[C@H](Cc1ccc(OP(=O)(O)O)cc1)NC(C)=O)C(=O)N1CCC[C@H]1C(=O)N[C@@H](CCC(N)=O)C(=O)N[C@H](C(N)=O)[C@@H](C)O. The predicted octanol–water partition coefficient (Wildman–Crippen LogP) is -2.17. The molecule has 7 amide bonds. The van der Waals surface area contributed by atoms with Gasteiger partial charge in [0.2, 0.25) is 41.4 Å². The lowest BCUT2D eigenvalue weighted by molar-refractivity contribution is -0.143. The van der Waals surface area contributed by atoms with Crippen LogP contribution in [-0.2, 0) is 44.5 Å². The lowest BCUT2D eigenvalue weighted by Gasteiger charge is -2.33. The number of hydrogen-bond acceptors (Lipinski definition) is 10. The standard InChI is InChI=1S/C31H48N7O12P/c1-5-16(2)25(36-29(44)22(34-18(4)40)15-19-8-10-20(11-9-19)50-51(47,48)49)31(46)38-14-6-7-23(38)30(45)35-21(12-13-24(32)41)28(43)37-26(17(3)39)27(33)42/h8-11,16-17,21-23,25-26,39H,5-7,12-15H2,1-4H3,(H2,32,41)(H2,33,42)(H,34,40)(H,35,45)(H,36,44)(H,37,43)(H2,47,48,49)/t16-,17+,21-,22-,23-,25-,26-/m0/s1. The highest BCUT2D eigenvalue weighted by Gasteiger charge is 2.41. The number of rotatable bonds is 19. The summed E-state index contributed by atoms with van der Waals surface area (Å²) in [6.45, 7) is 6.10. The summed E-state index contributed by atoms with van der Waals surface area (Å²) < 4.78 is 15.7. The topological polar surface area (TPSA) is 310 Å². The minimum Gasteiger partial charge on any atom is -0.404 e. The first-order chi connectivity index (χ1) is 23.7. The van der Waals surface area contributed by atoms with E-state index in [2.05, 4.69) is 25.8 Å². The number of likely N-dealkylation sites (tertiary alicyclic amines) is 1. The summed E-state index contributed by atoms with van der Waals surface area (Å²) in [4.78, 5) is 109. The maximum atomic E-state index is 14.0. The van der Waals surface area contributed by atoms with Crippen molar-refractivity contribution in [2.75, 3.05) is 6.54 Å². The van der Waals surface area contributed by atoms with Crippen LogP contribution in [0.2, 0.25) is 0 Å². The second kappa shape index (κ2) is 19.1. The van der Waals surface area contributed by atoms with Gasteiger partial charge in [0.1, 0.15) is 36.0 Å². The van der Waals surface area contributed by atoms with Crippen molar-refractivity contribution in [1.82, 2.24) is 26.2 Å². The Labute approximate surface area is 294 Å². The van der Waals surface area contributed by atoms with Crippen LogP contribution < -0.4 is 37.3 Å². The fourth-order valence-electron chi connectivity index (χ4n) is 5.44. The molecule has 0 aromatic heterocycles. The molecule has 1 aliphatic rings. The van der Waals surface area contributed by atoms with Gasteiger partial charge in [-0.1, -0.05) is 32.4 Å². The predicted molar refractivity (Wildman–Crippen MR) is 180 cm³/mol. The molecule has 284 valence electrons. The van der Waals surface area contributed by atoms with Gasteiger partial charge in [-0.2, -0.15) is 0 Å². The number of hydrogen-bond donors (Lipinski definition) is 9. The number of aliphatic hydroxyl groups is 1. The normalized spacial score (nSPS) is 17.9. The maximum absolute atomic E-state index is 14.0. The molecular weight excluding hydrogens is 693 g/mol. The van der Waals surface area contributed by atoms with Gasteiger partial charge < -0.3 is 47.3 Å². The molecule has 1 saturated heterocycles. The van der Waals surface area contributed by atoms with Crippen LogP contribution in [0.25, 0.3) is 0 Å². The van der Waals surface area contributed by atoms with Crippen LogP contribution in [0, 0.1) is 5.92 Å². The van der Waals surface area contributed by atoms with E-state index in [1.54, 1.807) is 13.8 Å². The molecule has 19 nitrogen and oxygen atoms in total. The number of nitrogens with zero attached hydrogens (tertiary/aromatic N) is 1. The van der Waals surface area contributed by atoms with E-state index < -0.39 is 91.4 Å². The number of amides is 7. The Morgan fingerprint density at radius 1 is 0.941 bits per heavy atom. The molecule has 1 aromatic carbocycles. The summed E-state index contributed by atoms with van der Waals surface area (Å²) in [6, 6.07) is -0.777. The lowest BCUT2D eigenvalue weighted by atomic mass is 9.96. The van der Waals surface area contributed by atoms with Gasteiger partial charge in [0.05, 0.1) is 6.10 Å². The van der Waals surface area contributed by atoms with E-state index in [0.717, 1.165) is 0 Å². The minimum absolute atomic E-state index is 0.0574. The number of phosphoric acid groups is 1. The van der Waals surface area contributed by atoms with Crippen molar-refractivity contribution in [3.8, 4) is 5.75 Å². The third-order valence-corrected chi connectivity index (χ3v) is 8.74. The number of carbonyl (C=O) groups excluding carboxylic acids is 7. The minimum atomic E-state index is -4.79. The summed E-state index contributed by atoms with van der Waals surface area (Å²) in [6.07, 6.45) is -0.943. The smallest absolute Gasteiger partial charge is 0.404 e. The molecular formula is C31H48N7O12P. The fourth-order valence-corrected chi connectivity index (χ4v) is 5.84. The van der Waals surface area contributed by atoms with Crippen molar-refractivity contribution < 1.29 is 57.5 Å². The van der Waals surface area contributed by atoms with E-state index in [0.29, 0.717) is 18.4 Å². The number of primary amides is 2. The van der Waals surface area contributed by atoms with Crippen LogP contribution in [0.1, 0.15) is 65.4 Å². The summed E-state index contributed by atoms with van der Waals surface area (Å²) in [5.41, 5.74) is 11.0. The average Bonchev–Trinajstić information content (AvgIpc) is 3.53. The number of nitrogens with two attached hydrogens (primary N) is 2. The van der Waals surface area contributed by atoms with E-state index >= 15 is 0 Å². The molecule has 1 fully saturated rings. The quantitative estimate of drug-likeness (QED) is 0.0685. The Morgan fingerprint density at radius 2 is 1.53 bits per heavy atom. The van der Waals surface area contributed by atoms with Crippen LogP contribution >= 0.6 is 7.82 Å². The molecule has 0 bridgehead atoms. The van der Waals surface area contributed by atoms with Crippen LogP contribution in [0.5, 0.6) is 5.75 Å². The molecule has 0 unspecified atom stereocenters. The highest BCUT2D eigenvalue weighted by Crippen LogP contribution is 2.37. The number of phosphoric ester groups is 1. The molecule has 1 heterocycles. The van der Waals surface area contributed by atoms with Crippen LogP contribution in [-0.4, -0.2) is 104 Å². The molecule has 1 aromatic rings. The van der Waals surface area contributed by atoms with Crippen molar-refractivity contribution in [1.29, 1.82) is 0 Å². The fraction of sp³-hybridized carbons (Fsp3) is 0.581. The summed E-state index contributed by atoms with van der Waals surface area (Å²) >= 11 is 0. The first kappa shape index (κ1) is 42.6. The Kier molecular flexibility index (Phi) is 16.0. The van der Waals surface area contributed by atoms with Crippen molar-refractivity contribution in [2.45, 2.75) is 103 Å². The molecule has 2 rings (SSSR count). The third kappa shape index (κ3) is 13.6. The van der Waals surface area contributed by atoms with Crippen molar-refractivity contribution in [3.05, 3.63) is 29.8 Å². The van der Waals surface area contributed by atoms with Gasteiger partial charge in [-0.05, 0) is 49.8 Å². The Hall–Kier alpha value is -4.58. The molecule has 7 atom stereocenters. The molecule has 51 heavy (non-hydrogen) atoms.